The molecular weight excluding hydrogens is 258 g/mol. The summed E-state index contributed by atoms with van der Waals surface area (Å²) in [4.78, 5) is 12.7. The van der Waals surface area contributed by atoms with Crippen LogP contribution >= 0.6 is 0 Å². The minimum absolute atomic E-state index is 0.0402. The van der Waals surface area contributed by atoms with Crippen molar-refractivity contribution in [3.8, 4) is 0 Å². The van der Waals surface area contributed by atoms with E-state index < -0.39 is 4.92 Å². The van der Waals surface area contributed by atoms with Crippen LogP contribution in [0.3, 0.4) is 0 Å². The van der Waals surface area contributed by atoms with Gasteiger partial charge in [-0.2, -0.15) is 0 Å². The van der Waals surface area contributed by atoms with Crippen molar-refractivity contribution >= 4 is 11.4 Å². The van der Waals surface area contributed by atoms with Crippen LogP contribution in [-0.4, -0.2) is 41.6 Å². The van der Waals surface area contributed by atoms with Gasteiger partial charge in [0.05, 0.1) is 11.5 Å². The third-order valence-corrected chi connectivity index (χ3v) is 3.14. The molecular formula is C14H23N3O3. The number of hydrogen-bond acceptors (Lipinski definition) is 5. The van der Waals surface area contributed by atoms with Crippen LogP contribution in [0.2, 0.25) is 0 Å². The van der Waals surface area contributed by atoms with E-state index in [1.165, 1.54) is 6.07 Å². The third-order valence-electron chi connectivity index (χ3n) is 3.14. The van der Waals surface area contributed by atoms with Crippen LogP contribution in [0.25, 0.3) is 0 Å². The maximum atomic E-state index is 11.0. The molecule has 0 saturated heterocycles. The van der Waals surface area contributed by atoms with Gasteiger partial charge < -0.3 is 15.3 Å². The van der Waals surface area contributed by atoms with Gasteiger partial charge in [0.15, 0.2) is 0 Å². The summed E-state index contributed by atoms with van der Waals surface area (Å²) in [5, 5.41) is 23.1. The zero-order valence-corrected chi connectivity index (χ0v) is 12.1. The first kappa shape index (κ1) is 16.4. The second-order valence-corrected chi connectivity index (χ2v) is 4.85. The maximum absolute atomic E-state index is 11.0. The monoisotopic (exact) mass is 281 g/mol. The van der Waals surface area contributed by atoms with Gasteiger partial charge in [0.2, 0.25) is 0 Å². The molecule has 20 heavy (non-hydrogen) atoms. The van der Waals surface area contributed by atoms with E-state index in [9.17, 15) is 10.1 Å². The Labute approximate surface area is 119 Å². The Morgan fingerprint density at radius 3 is 2.75 bits per heavy atom. The Morgan fingerprint density at radius 2 is 2.15 bits per heavy atom. The number of hydrogen-bond donors (Lipinski definition) is 2. The summed E-state index contributed by atoms with van der Waals surface area (Å²) in [6, 6.07) is 4.62. The highest BCUT2D eigenvalue weighted by Gasteiger charge is 2.13. The first-order valence-electron chi connectivity index (χ1n) is 6.89. The largest absolute Gasteiger partial charge is 0.392 e. The fourth-order valence-electron chi connectivity index (χ4n) is 1.90. The number of anilines is 1. The SMILES string of the molecule is CCCCN(C)CCNc1cc(CO)ccc1[N+](=O)[O-]. The van der Waals surface area contributed by atoms with Crippen molar-refractivity contribution in [2.45, 2.75) is 26.4 Å². The third kappa shape index (κ3) is 5.14. The van der Waals surface area contributed by atoms with Gasteiger partial charge in [0.1, 0.15) is 5.69 Å². The van der Waals surface area contributed by atoms with Crippen molar-refractivity contribution in [3.05, 3.63) is 33.9 Å². The van der Waals surface area contributed by atoms with Crippen LogP contribution in [0.5, 0.6) is 0 Å². The van der Waals surface area contributed by atoms with Crippen LogP contribution in [0.4, 0.5) is 11.4 Å². The maximum Gasteiger partial charge on any atom is 0.292 e. The van der Waals surface area contributed by atoms with E-state index in [4.69, 9.17) is 5.11 Å². The van der Waals surface area contributed by atoms with Gasteiger partial charge in [-0.25, -0.2) is 0 Å². The summed E-state index contributed by atoms with van der Waals surface area (Å²) in [5.74, 6) is 0. The highest BCUT2D eigenvalue weighted by Crippen LogP contribution is 2.25. The van der Waals surface area contributed by atoms with Crippen LogP contribution in [0, 0.1) is 10.1 Å². The van der Waals surface area contributed by atoms with Crippen molar-refractivity contribution in [3.63, 3.8) is 0 Å². The van der Waals surface area contributed by atoms with E-state index >= 15 is 0 Å². The van der Waals surface area contributed by atoms with Gasteiger partial charge in [-0.3, -0.25) is 10.1 Å². The van der Waals surface area contributed by atoms with E-state index in [0.717, 1.165) is 25.9 Å². The molecule has 0 radical (unpaired) electrons. The molecule has 6 nitrogen and oxygen atoms in total. The van der Waals surface area contributed by atoms with E-state index in [2.05, 4.69) is 17.1 Å². The van der Waals surface area contributed by atoms with Crippen molar-refractivity contribution in [1.82, 2.24) is 4.90 Å². The van der Waals surface area contributed by atoms with Crippen LogP contribution in [-0.2, 0) is 6.61 Å². The van der Waals surface area contributed by atoms with Crippen LogP contribution < -0.4 is 5.32 Å². The standard InChI is InChI=1S/C14H23N3O3/c1-3-4-8-16(2)9-7-15-13-10-12(11-18)5-6-14(13)17(19)20/h5-6,10,15,18H,3-4,7-9,11H2,1-2H3. The number of nitrogens with one attached hydrogen (secondary N) is 1. The molecule has 1 aromatic carbocycles. The molecule has 0 amide bonds. The highest BCUT2D eigenvalue weighted by molar-refractivity contribution is 5.62. The first-order chi connectivity index (χ1) is 9.58. The molecule has 0 unspecified atom stereocenters. The minimum Gasteiger partial charge on any atom is -0.392 e. The molecule has 0 spiro atoms. The molecule has 2 N–H and O–H groups in total. The molecule has 0 atom stereocenters. The Balaban J connectivity index is 2.59. The Bertz CT molecular complexity index is 438. The fourth-order valence-corrected chi connectivity index (χ4v) is 1.90. The molecule has 1 rings (SSSR count). The number of unbranched alkanes of at least 4 members (excludes halogenated alkanes) is 1. The van der Waals surface area contributed by atoms with Crippen molar-refractivity contribution in [1.29, 1.82) is 0 Å². The number of aliphatic hydroxyl groups is 1. The van der Waals surface area contributed by atoms with Gasteiger partial charge >= 0.3 is 0 Å². The van der Waals surface area contributed by atoms with Gasteiger partial charge in [-0.15, -0.1) is 0 Å². The number of likely N-dealkylation sites (N-methyl/N-ethyl adjacent to an activating group) is 1. The average molecular weight is 281 g/mol. The molecule has 0 bridgehead atoms. The molecule has 1 aromatic rings. The van der Waals surface area contributed by atoms with Crippen molar-refractivity contribution in [2.75, 3.05) is 32.0 Å². The number of nitro benzene ring substituents is 1. The lowest BCUT2D eigenvalue weighted by Gasteiger charge is -2.17. The molecule has 6 heteroatoms. The Hall–Kier alpha value is -1.66. The van der Waals surface area contributed by atoms with Crippen molar-refractivity contribution in [2.24, 2.45) is 0 Å². The topological polar surface area (TPSA) is 78.6 Å². The summed E-state index contributed by atoms with van der Waals surface area (Å²) < 4.78 is 0. The van der Waals surface area contributed by atoms with Crippen LogP contribution in [0.15, 0.2) is 18.2 Å². The summed E-state index contributed by atoms with van der Waals surface area (Å²) in [7, 11) is 2.04. The lowest BCUT2D eigenvalue weighted by molar-refractivity contribution is -0.384. The smallest absolute Gasteiger partial charge is 0.292 e. The second-order valence-electron chi connectivity index (χ2n) is 4.85. The van der Waals surface area contributed by atoms with E-state index in [1.807, 2.05) is 7.05 Å². The second kappa shape index (κ2) is 8.50. The summed E-state index contributed by atoms with van der Waals surface area (Å²) in [6.07, 6.45) is 2.30. The van der Waals surface area contributed by atoms with E-state index in [1.54, 1.807) is 12.1 Å². The number of nitro groups is 1. The molecule has 0 saturated carbocycles. The zero-order valence-electron chi connectivity index (χ0n) is 12.1. The average Bonchev–Trinajstić information content (AvgIpc) is 2.44. The Morgan fingerprint density at radius 1 is 1.40 bits per heavy atom. The minimum atomic E-state index is -0.412. The van der Waals surface area contributed by atoms with Gasteiger partial charge in [-0.05, 0) is 37.7 Å². The molecule has 0 fully saturated rings. The summed E-state index contributed by atoms with van der Waals surface area (Å²) >= 11 is 0. The predicted octanol–water partition coefficient (Wildman–Crippen LogP) is 2.23. The highest BCUT2D eigenvalue weighted by atomic mass is 16.6. The van der Waals surface area contributed by atoms with Crippen molar-refractivity contribution < 1.29 is 10.0 Å². The van der Waals surface area contributed by atoms with Gasteiger partial charge in [0, 0.05) is 19.2 Å². The predicted molar refractivity (Wildman–Crippen MR) is 79.9 cm³/mol. The molecule has 0 aliphatic carbocycles. The summed E-state index contributed by atoms with van der Waals surface area (Å²) in [6.45, 7) is 4.51. The molecule has 112 valence electrons. The first-order valence-corrected chi connectivity index (χ1v) is 6.89. The molecule has 0 aliphatic heterocycles. The number of rotatable bonds is 9. The quantitative estimate of drug-likeness (QED) is 0.536. The number of aliphatic hydroxyl groups excluding tert-OH is 1. The lowest BCUT2D eigenvalue weighted by atomic mass is 10.2. The van der Waals surface area contributed by atoms with E-state index in [0.29, 0.717) is 17.8 Å². The van der Waals surface area contributed by atoms with E-state index in [-0.39, 0.29) is 12.3 Å². The summed E-state index contributed by atoms with van der Waals surface area (Å²) in [5.41, 5.74) is 1.17. The number of nitrogens with zero attached hydrogens (tertiary/aromatic N) is 2. The molecule has 0 heterocycles. The van der Waals surface area contributed by atoms with Gasteiger partial charge in [0.25, 0.3) is 5.69 Å². The number of benzene rings is 1. The molecule has 0 aromatic heterocycles. The lowest BCUT2D eigenvalue weighted by Crippen LogP contribution is -2.26. The zero-order chi connectivity index (χ0) is 15.0. The van der Waals surface area contributed by atoms with Crippen LogP contribution in [0.1, 0.15) is 25.3 Å². The fraction of sp³-hybridized carbons (Fsp3) is 0.571. The normalized spacial score (nSPS) is 10.8. The Kier molecular flexibility index (Phi) is 6.97. The van der Waals surface area contributed by atoms with Gasteiger partial charge in [-0.1, -0.05) is 13.3 Å². The molecule has 0 aliphatic rings.